The first-order valence-electron chi connectivity index (χ1n) is 13.3. The number of hydrogen-bond donors (Lipinski definition) is 0. The second kappa shape index (κ2) is 7.89. The molecule has 0 aliphatic carbocycles. The molecule has 2 aromatic heterocycles. The van der Waals surface area contributed by atoms with Crippen LogP contribution in [-0.2, 0) is 0 Å². The molecule has 8 aromatic rings. The molecular weight excluding hydrogens is 492 g/mol. The van der Waals surface area contributed by atoms with Gasteiger partial charge in [0.05, 0.1) is 27.8 Å². The van der Waals surface area contributed by atoms with E-state index in [2.05, 4.69) is 143 Å². The van der Waals surface area contributed by atoms with Crippen LogP contribution < -0.4 is 0 Å². The molecule has 182 valence electrons. The Kier molecular flexibility index (Phi) is 4.29. The van der Waals surface area contributed by atoms with Gasteiger partial charge in [-0.2, -0.15) is 0 Å². The quantitative estimate of drug-likeness (QED) is 0.223. The van der Waals surface area contributed by atoms with E-state index in [1.807, 2.05) is 11.8 Å². The van der Waals surface area contributed by atoms with Crippen LogP contribution in [0, 0.1) is 0 Å². The number of benzene rings is 6. The first kappa shape index (κ1) is 21.2. The Morgan fingerprint density at radius 3 is 1.67 bits per heavy atom. The molecule has 0 saturated carbocycles. The Hall–Kier alpha value is -4.73. The molecule has 0 saturated heterocycles. The molecule has 0 N–H and O–H groups in total. The Morgan fingerprint density at radius 2 is 0.974 bits per heavy atom. The maximum Gasteiger partial charge on any atom is 0.0681 e. The Bertz CT molecular complexity index is 2200. The van der Waals surface area contributed by atoms with Gasteiger partial charge < -0.3 is 9.13 Å². The number of hydrogen-bond acceptors (Lipinski definition) is 1. The highest BCUT2D eigenvalue weighted by Gasteiger charge is 2.23. The summed E-state index contributed by atoms with van der Waals surface area (Å²) < 4.78 is 4.82. The highest BCUT2D eigenvalue weighted by Crippen LogP contribution is 2.47. The lowest BCUT2D eigenvalue weighted by Gasteiger charge is -2.21. The van der Waals surface area contributed by atoms with Gasteiger partial charge in [-0.25, -0.2) is 0 Å². The Balaban J connectivity index is 1.17. The average molecular weight is 515 g/mol. The minimum atomic E-state index is 1.18. The maximum absolute atomic E-state index is 2.45. The second-order valence-electron chi connectivity index (χ2n) is 10.2. The van der Waals surface area contributed by atoms with Gasteiger partial charge in [0.1, 0.15) is 0 Å². The first-order chi connectivity index (χ1) is 19.3. The van der Waals surface area contributed by atoms with Crippen molar-refractivity contribution in [2.75, 3.05) is 0 Å². The van der Waals surface area contributed by atoms with Gasteiger partial charge in [0.2, 0.25) is 0 Å². The van der Waals surface area contributed by atoms with Crippen LogP contribution in [0.5, 0.6) is 0 Å². The fourth-order valence-electron chi connectivity index (χ4n) is 6.40. The molecule has 0 unspecified atom stereocenters. The van der Waals surface area contributed by atoms with Crippen LogP contribution in [0.4, 0.5) is 0 Å². The standard InChI is InChI=1S/C36H22N2S/c1-4-12-30-26(8-1)27-9-2-5-13-31(27)37(30)25-19-16-23(17-20-25)24-18-21-33-35(22-24)39-34-15-7-11-29-28-10-3-6-14-32(28)38(33)36(29)34/h1-22H. The highest BCUT2D eigenvalue weighted by molar-refractivity contribution is 7.99. The van der Waals surface area contributed by atoms with Gasteiger partial charge in [-0.1, -0.05) is 96.7 Å². The molecule has 1 aliphatic heterocycles. The van der Waals surface area contributed by atoms with Crippen LogP contribution in [0.2, 0.25) is 0 Å². The van der Waals surface area contributed by atoms with Crippen molar-refractivity contribution >= 4 is 55.4 Å². The summed E-state index contributed by atoms with van der Waals surface area (Å²) in [5.41, 5.74) is 9.96. The molecule has 1 aliphatic rings. The molecule has 0 amide bonds. The van der Waals surface area contributed by atoms with E-state index >= 15 is 0 Å². The van der Waals surface area contributed by atoms with Crippen molar-refractivity contribution in [3.8, 4) is 22.5 Å². The smallest absolute Gasteiger partial charge is 0.0681 e. The lowest BCUT2D eigenvalue weighted by atomic mass is 10.0. The third kappa shape index (κ3) is 2.94. The van der Waals surface area contributed by atoms with Gasteiger partial charge in [-0.05, 0) is 59.7 Å². The topological polar surface area (TPSA) is 9.86 Å². The van der Waals surface area contributed by atoms with Gasteiger partial charge in [-0.3, -0.25) is 0 Å². The number of para-hydroxylation sites is 4. The van der Waals surface area contributed by atoms with Crippen molar-refractivity contribution in [3.05, 3.63) is 133 Å². The van der Waals surface area contributed by atoms with E-state index in [-0.39, 0.29) is 0 Å². The van der Waals surface area contributed by atoms with E-state index in [9.17, 15) is 0 Å². The largest absolute Gasteiger partial charge is 0.309 e. The van der Waals surface area contributed by atoms with Crippen LogP contribution in [0.25, 0.3) is 66.1 Å². The lowest BCUT2D eigenvalue weighted by molar-refractivity contribution is 1.09. The lowest BCUT2D eigenvalue weighted by Crippen LogP contribution is -2.01. The normalized spacial score (nSPS) is 12.5. The maximum atomic E-state index is 2.45. The summed E-state index contributed by atoms with van der Waals surface area (Å²) >= 11 is 1.88. The predicted octanol–water partition coefficient (Wildman–Crippen LogP) is 10.0. The van der Waals surface area contributed by atoms with Crippen molar-refractivity contribution in [3.63, 3.8) is 0 Å². The molecular formula is C36H22N2S. The van der Waals surface area contributed by atoms with Crippen molar-refractivity contribution in [2.45, 2.75) is 9.79 Å². The zero-order valence-electron chi connectivity index (χ0n) is 21.0. The zero-order chi connectivity index (χ0) is 25.5. The minimum absolute atomic E-state index is 1.18. The van der Waals surface area contributed by atoms with Crippen molar-refractivity contribution < 1.29 is 0 Å². The summed E-state index contributed by atoms with van der Waals surface area (Å²) in [6, 6.07) is 48.7. The fraction of sp³-hybridized carbons (Fsp3) is 0. The van der Waals surface area contributed by atoms with Gasteiger partial charge in [-0.15, -0.1) is 0 Å². The van der Waals surface area contributed by atoms with Gasteiger partial charge in [0.15, 0.2) is 0 Å². The molecule has 9 rings (SSSR count). The molecule has 3 heteroatoms. The average Bonchev–Trinajstić information content (AvgIpc) is 3.52. The van der Waals surface area contributed by atoms with Crippen LogP contribution in [0.15, 0.2) is 143 Å². The van der Waals surface area contributed by atoms with Crippen LogP contribution >= 0.6 is 11.8 Å². The number of nitrogens with zero attached hydrogens (tertiary/aromatic N) is 2. The molecule has 0 spiro atoms. The van der Waals surface area contributed by atoms with Gasteiger partial charge in [0.25, 0.3) is 0 Å². The third-order valence-electron chi connectivity index (χ3n) is 8.12. The van der Waals surface area contributed by atoms with Crippen LogP contribution in [0.3, 0.4) is 0 Å². The van der Waals surface area contributed by atoms with Gasteiger partial charge in [0, 0.05) is 37.0 Å². The molecule has 3 heterocycles. The number of aromatic nitrogens is 2. The van der Waals surface area contributed by atoms with Crippen LogP contribution in [-0.4, -0.2) is 9.13 Å². The van der Waals surface area contributed by atoms with E-state index < -0.39 is 0 Å². The molecule has 0 bridgehead atoms. The molecule has 0 atom stereocenters. The minimum Gasteiger partial charge on any atom is -0.309 e. The summed E-state index contributed by atoms with van der Waals surface area (Å²) in [5, 5.41) is 5.21. The van der Waals surface area contributed by atoms with Gasteiger partial charge >= 0.3 is 0 Å². The van der Waals surface area contributed by atoms with E-state index in [1.54, 1.807) is 0 Å². The zero-order valence-corrected chi connectivity index (χ0v) is 21.8. The molecule has 0 radical (unpaired) electrons. The SMILES string of the molecule is c1ccc2c(c1)c1ccccc1n2-c1ccc(-c2ccc3c(c2)Sc2cccc4c5ccccc5n-3c24)cc1. The number of fused-ring (bicyclic) bond motifs is 8. The Labute approximate surface area is 229 Å². The summed E-state index contributed by atoms with van der Waals surface area (Å²) in [6.07, 6.45) is 0. The summed E-state index contributed by atoms with van der Waals surface area (Å²) in [5.74, 6) is 0. The summed E-state index contributed by atoms with van der Waals surface area (Å²) in [7, 11) is 0. The van der Waals surface area contributed by atoms with E-state index in [1.165, 1.54) is 75.9 Å². The van der Waals surface area contributed by atoms with Crippen LogP contribution in [0.1, 0.15) is 0 Å². The molecule has 6 aromatic carbocycles. The van der Waals surface area contributed by atoms with E-state index in [4.69, 9.17) is 0 Å². The highest BCUT2D eigenvalue weighted by atomic mass is 32.2. The summed E-state index contributed by atoms with van der Waals surface area (Å²) in [6.45, 7) is 0. The Morgan fingerprint density at radius 1 is 0.410 bits per heavy atom. The number of rotatable bonds is 2. The third-order valence-corrected chi connectivity index (χ3v) is 9.21. The summed E-state index contributed by atoms with van der Waals surface area (Å²) in [4.78, 5) is 2.61. The van der Waals surface area contributed by atoms with Crippen molar-refractivity contribution in [2.24, 2.45) is 0 Å². The van der Waals surface area contributed by atoms with E-state index in [0.717, 1.165) is 0 Å². The second-order valence-corrected chi connectivity index (χ2v) is 11.3. The fourth-order valence-corrected chi connectivity index (χ4v) is 7.53. The first-order valence-corrected chi connectivity index (χ1v) is 14.1. The van der Waals surface area contributed by atoms with Crippen molar-refractivity contribution in [1.29, 1.82) is 0 Å². The monoisotopic (exact) mass is 514 g/mol. The molecule has 0 fully saturated rings. The molecule has 39 heavy (non-hydrogen) atoms. The van der Waals surface area contributed by atoms with Crippen molar-refractivity contribution in [1.82, 2.24) is 9.13 Å². The van der Waals surface area contributed by atoms with E-state index in [0.29, 0.717) is 0 Å². The predicted molar refractivity (Wildman–Crippen MR) is 165 cm³/mol. The molecule has 2 nitrogen and oxygen atoms in total.